The van der Waals surface area contributed by atoms with Gasteiger partial charge in [0, 0.05) is 42.3 Å². The molecule has 0 bridgehead atoms. The monoisotopic (exact) mass is 476 g/mol. The van der Waals surface area contributed by atoms with Gasteiger partial charge < -0.3 is 4.98 Å². The number of hydrogen-bond acceptors (Lipinski definition) is 5. The number of nitrogens with one attached hydrogen (secondary N) is 3. The van der Waals surface area contributed by atoms with E-state index in [2.05, 4.69) is 15.8 Å². The lowest BCUT2D eigenvalue weighted by molar-refractivity contribution is 0.0883. The molecule has 1 amide bonds. The number of carbonyl (C=O) groups excluding carboxylic acids is 2. The molecule has 0 aliphatic heterocycles. The molecule has 1 atom stereocenters. The molecule has 0 fully saturated rings. The molecule has 4 rings (SSSR count). The SMILES string of the molecule is CN(C)S(=O)(=O)c1cccc(C(=O)NNC(C(=O)c2c[nH]c3ccccc23)c2ccccc2)c1. The Labute approximate surface area is 197 Å². The highest BCUT2D eigenvalue weighted by Crippen LogP contribution is 2.24. The minimum absolute atomic E-state index is 0.000344. The smallest absolute Gasteiger partial charge is 0.265 e. The van der Waals surface area contributed by atoms with Crippen molar-refractivity contribution >= 4 is 32.6 Å². The number of sulfonamides is 1. The molecule has 1 aromatic heterocycles. The van der Waals surface area contributed by atoms with Gasteiger partial charge in [0.05, 0.1) is 4.90 Å². The summed E-state index contributed by atoms with van der Waals surface area (Å²) in [5.41, 5.74) is 7.55. The van der Waals surface area contributed by atoms with Crippen molar-refractivity contribution in [3.8, 4) is 0 Å². The number of carbonyl (C=O) groups is 2. The van der Waals surface area contributed by atoms with E-state index in [0.29, 0.717) is 11.1 Å². The molecule has 174 valence electrons. The summed E-state index contributed by atoms with van der Waals surface area (Å²) in [6.07, 6.45) is 1.65. The van der Waals surface area contributed by atoms with Crippen molar-refractivity contribution < 1.29 is 18.0 Å². The highest BCUT2D eigenvalue weighted by molar-refractivity contribution is 7.89. The van der Waals surface area contributed by atoms with Gasteiger partial charge in [-0.15, -0.1) is 0 Å². The maximum Gasteiger partial charge on any atom is 0.265 e. The summed E-state index contributed by atoms with van der Waals surface area (Å²) in [7, 11) is -0.854. The van der Waals surface area contributed by atoms with Crippen molar-refractivity contribution in [1.29, 1.82) is 0 Å². The van der Waals surface area contributed by atoms with Crippen LogP contribution in [0.2, 0.25) is 0 Å². The Hall–Kier alpha value is -3.79. The summed E-state index contributed by atoms with van der Waals surface area (Å²) in [6.45, 7) is 0. The molecule has 34 heavy (non-hydrogen) atoms. The second kappa shape index (κ2) is 9.60. The van der Waals surface area contributed by atoms with Gasteiger partial charge in [0.25, 0.3) is 5.91 Å². The van der Waals surface area contributed by atoms with Crippen LogP contribution in [0.4, 0.5) is 0 Å². The first-order chi connectivity index (χ1) is 16.3. The van der Waals surface area contributed by atoms with Crippen molar-refractivity contribution in [2.24, 2.45) is 0 Å². The first-order valence-corrected chi connectivity index (χ1v) is 12.0. The largest absolute Gasteiger partial charge is 0.360 e. The van der Waals surface area contributed by atoms with E-state index in [-0.39, 0.29) is 16.2 Å². The standard InChI is InChI=1S/C25H24N4O4S/c1-29(2)34(32,33)19-12-8-11-18(15-19)25(31)28-27-23(17-9-4-3-5-10-17)24(30)21-16-26-22-14-7-6-13-20(21)22/h3-16,23,26-27H,1-2H3,(H,28,31). The average Bonchev–Trinajstić information content (AvgIpc) is 3.29. The Balaban J connectivity index is 1.60. The normalized spacial score (nSPS) is 12.6. The van der Waals surface area contributed by atoms with Gasteiger partial charge in [-0.3, -0.25) is 15.0 Å². The minimum Gasteiger partial charge on any atom is -0.360 e. The molecule has 4 aromatic rings. The Kier molecular flexibility index (Phi) is 6.60. The Morgan fingerprint density at radius 3 is 2.35 bits per heavy atom. The number of aromatic amines is 1. The summed E-state index contributed by atoms with van der Waals surface area (Å²) in [4.78, 5) is 29.5. The lowest BCUT2D eigenvalue weighted by Gasteiger charge is -2.19. The maximum absolute atomic E-state index is 13.5. The molecule has 0 aliphatic carbocycles. The fraction of sp³-hybridized carbons (Fsp3) is 0.120. The zero-order valence-corrected chi connectivity index (χ0v) is 19.5. The Bertz CT molecular complexity index is 1450. The van der Waals surface area contributed by atoms with Gasteiger partial charge in [-0.2, -0.15) is 0 Å². The van der Waals surface area contributed by atoms with Crippen LogP contribution < -0.4 is 10.9 Å². The van der Waals surface area contributed by atoms with Crippen LogP contribution in [0.5, 0.6) is 0 Å². The van der Waals surface area contributed by atoms with E-state index >= 15 is 0 Å². The number of amides is 1. The van der Waals surface area contributed by atoms with E-state index in [1.807, 2.05) is 42.5 Å². The second-order valence-electron chi connectivity index (χ2n) is 7.87. The zero-order valence-electron chi connectivity index (χ0n) is 18.6. The number of para-hydroxylation sites is 1. The number of rotatable bonds is 8. The van der Waals surface area contributed by atoms with Gasteiger partial charge in [0.2, 0.25) is 10.0 Å². The van der Waals surface area contributed by atoms with E-state index in [0.717, 1.165) is 15.2 Å². The Morgan fingerprint density at radius 1 is 0.912 bits per heavy atom. The van der Waals surface area contributed by atoms with E-state index < -0.39 is 22.0 Å². The van der Waals surface area contributed by atoms with Crippen molar-refractivity contribution in [2.75, 3.05) is 14.1 Å². The summed E-state index contributed by atoms with van der Waals surface area (Å²) in [5.74, 6) is -0.795. The molecule has 3 aromatic carbocycles. The average molecular weight is 477 g/mol. The summed E-state index contributed by atoms with van der Waals surface area (Å²) in [6, 6.07) is 21.4. The third-order valence-electron chi connectivity index (χ3n) is 5.45. The molecule has 3 N–H and O–H groups in total. The number of H-pyrrole nitrogens is 1. The molecule has 0 aliphatic rings. The summed E-state index contributed by atoms with van der Waals surface area (Å²) in [5, 5.41) is 0.781. The van der Waals surface area contributed by atoms with Crippen molar-refractivity contribution in [2.45, 2.75) is 10.9 Å². The van der Waals surface area contributed by atoms with Crippen LogP contribution in [0.15, 0.2) is 90.0 Å². The van der Waals surface area contributed by atoms with Crippen LogP contribution in [-0.2, 0) is 10.0 Å². The highest BCUT2D eigenvalue weighted by Gasteiger charge is 2.25. The predicted octanol–water partition coefficient (Wildman–Crippen LogP) is 3.28. The molecule has 9 heteroatoms. The summed E-state index contributed by atoms with van der Waals surface area (Å²) < 4.78 is 25.9. The maximum atomic E-state index is 13.5. The van der Waals surface area contributed by atoms with E-state index in [1.54, 1.807) is 18.3 Å². The third-order valence-corrected chi connectivity index (χ3v) is 7.27. The quantitative estimate of drug-likeness (QED) is 0.267. The fourth-order valence-electron chi connectivity index (χ4n) is 3.60. The predicted molar refractivity (Wildman–Crippen MR) is 130 cm³/mol. The van der Waals surface area contributed by atoms with Crippen LogP contribution in [0.25, 0.3) is 10.9 Å². The number of aromatic nitrogens is 1. The van der Waals surface area contributed by atoms with E-state index in [1.165, 1.54) is 38.4 Å². The number of ketones is 1. The highest BCUT2D eigenvalue weighted by atomic mass is 32.2. The van der Waals surface area contributed by atoms with Crippen LogP contribution in [0.1, 0.15) is 32.3 Å². The van der Waals surface area contributed by atoms with Gasteiger partial charge in [0.15, 0.2) is 5.78 Å². The lowest BCUT2D eigenvalue weighted by atomic mass is 9.97. The first kappa shape index (κ1) is 23.4. The number of fused-ring (bicyclic) bond motifs is 1. The molecule has 8 nitrogen and oxygen atoms in total. The van der Waals surface area contributed by atoms with E-state index in [4.69, 9.17) is 0 Å². The van der Waals surface area contributed by atoms with Crippen LogP contribution >= 0.6 is 0 Å². The fourth-order valence-corrected chi connectivity index (χ4v) is 4.54. The van der Waals surface area contributed by atoms with Crippen LogP contribution in [0.3, 0.4) is 0 Å². The molecular weight excluding hydrogens is 452 g/mol. The van der Waals surface area contributed by atoms with Crippen molar-refractivity contribution in [3.05, 3.63) is 102 Å². The molecule has 0 saturated carbocycles. The van der Waals surface area contributed by atoms with Crippen molar-refractivity contribution in [3.63, 3.8) is 0 Å². The Morgan fingerprint density at radius 2 is 1.62 bits per heavy atom. The third kappa shape index (κ3) is 4.62. The summed E-state index contributed by atoms with van der Waals surface area (Å²) >= 11 is 0. The van der Waals surface area contributed by atoms with Gasteiger partial charge in [-0.25, -0.2) is 18.1 Å². The number of hydrazine groups is 1. The number of Topliss-reactive ketones (excluding diaryl/α,β-unsaturated/α-hetero) is 1. The minimum atomic E-state index is -3.70. The van der Waals surface area contributed by atoms with Gasteiger partial charge in [-0.1, -0.05) is 54.6 Å². The van der Waals surface area contributed by atoms with E-state index in [9.17, 15) is 18.0 Å². The van der Waals surface area contributed by atoms with Crippen LogP contribution in [-0.4, -0.2) is 43.5 Å². The number of nitrogens with zero attached hydrogens (tertiary/aromatic N) is 1. The van der Waals surface area contributed by atoms with Gasteiger partial charge >= 0.3 is 0 Å². The molecule has 1 unspecified atom stereocenters. The van der Waals surface area contributed by atoms with Gasteiger partial charge in [-0.05, 0) is 29.8 Å². The first-order valence-electron chi connectivity index (χ1n) is 10.5. The second-order valence-corrected chi connectivity index (χ2v) is 10.0. The molecule has 0 radical (unpaired) electrons. The lowest BCUT2D eigenvalue weighted by Crippen LogP contribution is -2.43. The van der Waals surface area contributed by atoms with Crippen molar-refractivity contribution in [1.82, 2.24) is 20.1 Å². The number of hydrogen-bond donors (Lipinski definition) is 3. The zero-order chi connectivity index (χ0) is 24.3. The van der Waals surface area contributed by atoms with Gasteiger partial charge in [0.1, 0.15) is 6.04 Å². The number of benzene rings is 3. The molecule has 1 heterocycles. The van der Waals surface area contributed by atoms with Crippen LogP contribution in [0, 0.1) is 0 Å². The topological polar surface area (TPSA) is 111 Å². The molecule has 0 spiro atoms. The molecule has 0 saturated heterocycles. The molecular formula is C25H24N4O4S.